The Balaban J connectivity index is 1.50. The third-order valence-corrected chi connectivity index (χ3v) is 5.07. The number of nitrogens with zero attached hydrogens (tertiary/aromatic N) is 1. The molecule has 0 atom stereocenters. The normalized spacial score (nSPS) is 10.4. The van der Waals surface area contributed by atoms with Crippen molar-refractivity contribution in [2.45, 2.75) is 6.92 Å². The van der Waals surface area contributed by atoms with Crippen molar-refractivity contribution in [1.82, 2.24) is 4.90 Å². The van der Waals surface area contributed by atoms with Crippen LogP contribution in [0.5, 0.6) is 5.75 Å². The van der Waals surface area contributed by atoms with Crippen LogP contribution in [0.25, 0.3) is 0 Å². The molecule has 0 aliphatic rings. The molecule has 0 saturated heterocycles. The van der Waals surface area contributed by atoms with E-state index in [1.165, 1.54) is 16.9 Å². The molecule has 2 amide bonds. The maximum absolute atomic E-state index is 12.5. The first-order valence-corrected chi connectivity index (χ1v) is 9.81. The summed E-state index contributed by atoms with van der Waals surface area (Å²) in [5.41, 5.74) is 2.39. The van der Waals surface area contributed by atoms with Crippen LogP contribution in [-0.2, 0) is 0 Å². The zero-order valence-corrected chi connectivity index (χ0v) is 16.7. The molecule has 0 fully saturated rings. The van der Waals surface area contributed by atoms with Crippen molar-refractivity contribution in [3.63, 3.8) is 0 Å². The van der Waals surface area contributed by atoms with E-state index < -0.39 is 0 Å². The van der Waals surface area contributed by atoms with Gasteiger partial charge in [0.1, 0.15) is 12.4 Å². The van der Waals surface area contributed by atoms with Gasteiger partial charge in [-0.05, 0) is 54.8 Å². The minimum atomic E-state index is -0.153. The minimum Gasteiger partial charge on any atom is -0.492 e. The zero-order valence-electron chi connectivity index (χ0n) is 15.8. The third kappa shape index (κ3) is 5.20. The van der Waals surface area contributed by atoms with E-state index in [-0.39, 0.29) is 11.8 Å². The first kappa shape index (κ1) is 19.6. The van der Waals surface area contributed by atoms with Crippen LogP contribution in [0.3, 0.4) is 0 Å². The van der Waals surface area contributed by atoms with Gasteiger partial charge in [0.25, 0.3) is 11.8 Å². The van der Waals surface area contributed by atoms with Crippen molar-refractivity contribution >= 4 is 28.8 Å². The van der Waals surface area contributed by atoms with Crippen molar-refractivity contribution in [3.05, 3.63) is 82.0 Å². The number of ether oxygens (including phenoxy) is 1. The molecule has 0 saturated carbocycles. The van der Waals surface area contributed by atoms with Crippen LogP contribution < -0.4 is 10.1 Å². The van der Waals surface area contributed by atoms with Gasteiger partial charge in [-0.2, -0.15) is 0 Å². The summed E-state index contributed by atoms with van der Waals surface area (Å²) < 4.78 is 5.68. The topological polar surface area (TPSA) is 58.6 Å². The smallest absolute Gasteiger partial charge is 0.265 e. The number of rotatable bonds is 7. The van der Waals surface area contributed by atoms with Crippen LogP contribution in [-0.4, -0.2) is 36.9 Å². The zero-order chi connectivity index (χ0) is 19.9. The van der Waals surface area contributed by atoms with Gasteiger partial charge in [-0.25, -0.2) is 0 Å². The highest BCUT2D eigenvalue weighted by Crippen LogP contribution is 2.15. The molecule has 5 nitrogen and oxygen atoms in total. The van der Waals surface area contributed by atoms with E-state index in [1.54, 1.807) is 42.3 Å². The monoisotopic (exact) mass is 394 g/mol. The van der Waals surface area contributed by atoms with Crippen molar-refractivity contribution in [2.75, 3.05) is 25.5 Å². The highest BCUT2D eigenvalue weighted by atomic mass is 32.1. The highest BCUT2D eigenvalue weighted by Gasteiger charge is 2.12. The molecule has 1 aromatic heterocycles. The number of carbonyl (C=O) groups is 2. The lowest BCUT2D eigenvalue weighted by Crippen LogP contribution is -2.30. The molecule has 0 bridgehead atoms. The maximum Gasteiger partial charge on any atom is 0.265 e. The van der Waals surface area contributed by atoms with Gasteiger partial charge in [0.15, 0.2) is 0 Å². The van der Waals surface area contributed by atoms with Crippen LogP contribution in [0, 0.1) is 6.92 Å². The highest BCUT2D eigenvalue weighted by molar-refractivity contribution is 7.12. The van der Waals surface area contributed by atoms with Gasteiger partial charge in [-0.15, -0.1) is 11.3 Å². The van der Waals surface area contributed by atoms with E-state index in [1.807, 2.05) is 42.6 Å². The van der Waals surface area contributed by atoms with Gasteiger partial charge in [0, 0.05) is 18.3 Å². The Hall–Kier alpha value is -3.12. The molecular weight excluding hydrogens is 372 g/mol. The number of hydrogen-bond acceptors (Lipinski definition) is 4. The summed E-state index contributed by atoms with van der Waals surface area (Å²) in [7, 11) is 1.74. The van der Waals surface area contributed by atoms with Gasteiger partial charge in [-0.1, -0.05) is 23.8 Å². The number of benzene rings is 2. The minimum absolute atomic E-state index is 0.0939. The number of carbonyl (C=O) groups excluding carboxylic acids is 2. The molecular formula is C22H22N2O3S. The lowest BCUT2D eigenvalue weighted by atomic mass is 10.2. The predicted molar refractivity (Wildman–Crippen MR) is 112 cm³/mol. The van der Waals surface area contributed by atoms with Crippen LogP contribution in [0.4, 0.5) is 5.69 Å². The number of hydrogen-bond donors (Lipinski definition) is 1. The summed E-state index contributed by atoms with van der Waals surface area (Å²) in [6, 6.07) is 18.3. The lowest BCUT2D eigenvalue weighted by molar-refractivity contribution is 0.0773. The SMILES string of the molecule is Cc1ccc(OCCN(C)C(=O)c2ccc(NC(=O)c3cccs3)cc2)cc1. The van der Waals surface area contributed by atoms with Crippen molar-refractivity contribution < 1.29 is 14.3 Å². The maximum atomic E-state index is 12.5. The molecule has 144 valence electrons. The van der Waals surface area contributed by atoms with Crippen LogP contribution in [0.1, 0.15) is 25.6 Å². The van der Waals surface area contributed by atoms with Crippen molar-refractivity contribution in [2.24, 2.45) is 0 Å². The quantitative estimate of drug-likeness (QED) is 0.644. The molecule has 1 heterocycles. The summed E-state index contributed by atoms with van der Waals surface area (Å²) in [4.78, 5) is 26.9. The molecule has 28 heavy (non-hydrogen) atoms. The van der Waals surface area contributed by atoms with E-state index in [9.17, 15) is 9.59 Å². The Bertz CT molecular complexity index is 919. The summed E-state index contributed by atoms with van der Waals surface area (Å²) in [5, 5.41) is 4.68. The average Bonchev–Trinajstić information content (AvgIpc) is 3.24. The van der Waals surface area contributed by atoms with Gasteiger partial charge in [-0.3, -0.25) is 9.59 Å². The summed E-state index contributed by atoms with van der Waals surface area (Å²) in [6.07, 6.45) is 0. The first-order valence-electron chi connectivity index (χ1n) is 8.93. The van der Waals surface area contributed by atoms with E-state index in [0.717, 1.165) is 5.75 Å². The van der Waals surface area contributed by atoms with Crippen molar-refractivity contribution in [1.29, 1.82) is 0 Å². The number of nitrogens with one attached hydrogen (secondary N) is 1. The largest absolute Gasteiger partial charge is 0.492 e. The fourth-order valence-corrected chi connectivity index (χ4v) is 3.17. The molecule has 3 rings (SSSR count). The summed E-state index contributed by atoms with van der Waals surface area (Å²) >= 11 is 1.38. The number of thiophene rings is 1. The molecule has 0 spiro atoms. The Morgan fingerprint density at radius 1 is 1.04 bits per heavy atom. The fourth-order valence-electron chi connectivity index (χ4n) is 2.55. The average molecular weight is 394 g/mol. The molecule has 2 aromatic carbocycles. The van der Waals surface area contributed by atoms with Crippen LogP contribution in [0.15, 0.2) is 66.0 Å². The van der Waals surface area contributed by atoms with E-state index in [4.69, 9.17) is 4.74 Å². The predicted octanol–water partition coefficient (Wildman–Crippen LogP) is 4.46. The standard InChI is InChI=1S/C22H22N2O3S/c1-16-5-11-19(12-6-16)27-14-13-24(2)22(26)17-7-9-18(10-8-17)23-21(25)20-4-3-15-28-20/h3-12,15H,13-14H2,1-2H3,(H,23,25). The Morgan fingerprint density at radius 3 is 2.39 bits per heavy atom. The first-order chi connectivity index (χ1) is 13.5. The third-order valence-electron chi connectivity index (χ3n) is 4.20. The Labute approximate surface area is 168 Å². The van der Waals surface area contributed by atoms with Crippen molar-refractivity contribution in [3.8, 4) is 5.75 Å². The van der Waals surface area contributed by atoms with Gasteiger partial charge in [0.05, 0.1) is 11.4 Å². The second-order valence-corrected chi connectivity index (χ2v) is 7.34. The molecule has 0 unspecified atom stereocenters. The Kier molecular flexibility index (Phi) is 6.45. The molecule has 6 heteroatoms. The summed E-state index contributed by atoms with van der Waals surface area (Å²) in [5.74, 6) is 0.542. The van der Waals surface area contributed by atoms with Gasteiger partial charge < -0.3 is 15.0 Å². The van der Waals surface area contributed by atoms with E-state index in [0.29, 0.717) is 29.3 Å². The van der Waals surface area contributed by atoms with Gasteiger partial charge >= 0.3 is 0 Å². The van der Waals surface area contributed by atoms with Crippen LogP contribution in [0.2, 0.25) is 0 Å². The molecule has 0 aliphatic heterocycles. The molecule has 3 aromatic rings. The van der Waals surface area contributed by atoms with Gasteiger partial charge in [0.2, 0.25) is 0 Å². The lowest BCUT2D eigenvalue weighted by Gasteiger charge is -2.18. The molecule has 1 N–H and O–H groups in total. The van der Waals surface area contributed by atoms with E-state index in [2.05, 4.69) is 5.32 Å². The number of anilines is 1. The van der Waals surface area contributed by atoms with Crippen LogP contribution >= 0.6 is 11.3 Å². The number of aryl methyl sites for hydroxylation is 1. The fraction of sp³-hybridized carbons (Fsp3) is 0.182. The number of amides is 2. The molecule has 0 aliphatic carbocycles. The molecule has 0 radical (unpaired) electrons. The second kappa shape index (κ2) is 9.19. The number of likely N-dealkylation sites (N-methyl/N-ethyl adjacent to an activating group) is 1. The Morgan fingerprint density at radius 2 is 1.75 bits per heavy atom. The van der Waals surface area contributed by atoms with E-state index >= 15 is 0 Å². The summed E-state index contributed by atoms with van der Waals surface area (Å²) in [6.45, 7) is 2.92. The second-order valence-electron chi connectivity index (χ2n) is 6.40.